The summed E-state index contributed by atoms with van der Waals surface area (Å²) in [5, 5.41) is 0. The summed E-state index contributed by atoms with van der Waals surface area (Å²) < 4.78 is 0. The monoisotopic (exact) mass is 156 g/mol. The minimum Gasteiger partial charge on any atom is -0.350 e. The van der Waals surface area contributed by atoms with E-state index >= 15 is 0 Å². The Morgan fingerprint density at radius 1 is 1.70 bits per heavy atom. The second-order valence-corrected chi connectivity index (χ2v) is 1.44. The number of carbonyl (C=O) groups is 1. The Labute approximate surface area is 81.9 Å². The topological polar surface area (TPSA) is 76.4 Å². The van der Waals surface area contributed by atoms with Crippen LogP contribution in [0.4, 0.5) is 4.79 Å². The van der Waals surface area contributed by atoms with Crippen LogP contribution in [0.25, 0.3) is 0 Å². The van der Waals surface area contributed by atoms with Crippen LogP contribution in [0.2, 0.25) is 0 Å². The summed E-state index contributed by atoms with van der Waals surface area (Å²) >= 11 is 0. The van der Waals surface area contributed by atoms with Crippen molar-refractivity contribution in [3.05, 3.63) is 0 Å². The molecule has 2 amide bonds. The normalized spacial score (nSPS) is 8.10. The predicted molar refractivity (Wildman–Crippen MR) is 37.9 cm³/mol. The van der Waals surface area contributed by atoms with Crippen LogP contribution in [0.5, 0.6) is 0 Å². The molecule has 0 aliphatic heterocycles. The summed E-state index contributed by atoms with van der Waals surface area (Å²) in [4.78, 5) is 14.6. The van der Waals surface area contributed by atoms with Gasteiger partial charge in [-0.2, -0.15) is 0 Å². The largest absolute Gasteiger partial charge is 0.350 e. The number of nitrogens with one attached hydrogen (secondary N) is 2. The molecule has 5 nitrogen and oxygen atoms in total. The Kier molecular flexibility index (Phi) is 11.8. The summed E-state index contributed by atoms with van der Waals surface area (Å²) in [7, 11) is 0. The van der Waals surface area contributed by atoms with Crippen molar-refractivity contribution >= 4 is 35.6 Å². The van der Waals surface area contributed by atoms with Crippen molar-refractivity contribution in [3.8, 4) is 0 Å². The third-order valence-corrected chi connectivity index (χ3v) is 0.553. The minimum absolute atomic E-state index is 0. The van der Waals surface area contributed by atoms with E-state index in [-0.39, 0.29) is 29.6 Å². The molecule has 0 unspecified atom stereocenters. The van der Waals surface area contributed by atoms with Crippen molar-refractivity contribution in [3.63, 3.8) is 0 Å². The molecule has 0 aliphatic carbocycles. The molecule has 0 saturated heterocycles. The number of hydrogen-bond acceptors (Lipinski definition) is 3. The molecule has 0 aliphatic rings. The smallest absolute Gasteiger partial charge is 0.328 e. The van der Waals surface area contributed by atoms with E-state index in [4.69, 9.17) is 0 Å². The van der Waals surface area contributed by atoms with Crippen LogP contribution in [0.15, 0.2) is 0 Å². The van der Waals surface area contributed by atoms with Gasteiger partial charge in [0.1, 0.15) is 0 Å². The molecule has 10 heavy (non-hydrogen) atoms. The number of urea groups is 1. The zero-order valence-electron chi connectivity index (χ0n) is 6.31. The summed E-state index contributed by atoms with van der Waals surface area (Å²) in [5.41, 5.74) is 8.89. The maximum absolute atomic E-state index is 9.93. The van der Waals surface area contributed by atoms with Crippen molar-refractivity contribution in [1.29, 1.82) is 0 Å². The number of carbonyl (C=O) groups excluding carboxylic acids is 1. The molecule has 0 atom stereocenters. The Balaban J connectivity index is 0. The van der Waals surface area contributed by atoms with Gasteiger partial charge in [0.05, 0.1) is 6.61 Å². The van der Waals surface area contributed by atoms with Crippen molar-refractivity contribution in [2.24, 2.45) is 5.73 Å². The van der Waals surface area contributed by atoms with Crippen LogP contribution in [0.3, 0.4) is 0 Å². The molecule has 0 heterocycles. The summed E-state index contributed by atoms with van der Waals surface area (Å²) in [6.45, 7) is 2.49. The summed E-state index contributed by atoms with van der Waals surface area (Å²) in [6, 6.07) is -0.661. The molecule has 0 spiro atoms. The van der Waals surface area contributed by atoms with Crippen molar-refractivity contribution in [2.75, 3.05) is 6.61 Å². The number of hydrogen-bond donors (Lipinski definition) is 3. The Hall–Kier alpha value is 0.190. The first-order chi connectivity index (χ1) is 4.27. The van der Waals surface area contributed by atoms with Crippen LogP contribution in [0, 0.1) is 0 Å². The van der Waals surface area contributed by atoms with E-state index in [1.54, 1.807) is 0 Å². The van der Waals surface area contributed by atoms with Gasteiger partial charge < -0.3 is 5.73 Å². The second kappa shape index (κ2) is 9.19. The van der Waals surface area contributed by atoms with E-state index in [2.05, 4.69) is 16.2 Å². The molecule has 0 aromatic heterocycles. The van der Waals surface area contributed by atoms with Gasteiger partial charge in [0, 0.05) is 29.6 Å². The molecule has 0 aromatic rings. The fraction of sp³-hybridized carbons (Fsp3) is 0.750. The molecule has 4 N–H and O–H groups in total. The predicted octanol–water partition coefficient (Wildman–Crippen LogP) is -0.880. The molecule has 0 saturated carbocycles. The van der Waals surface area contributed by atoms with Gasteiger partial charge >= 0.3 is 6.03 Å². The van der Waals surface area contributed by atoms with E-state index in [0.717, 1.165) is 6.42 Å². The Bertz CT molecular complexity index is 90.6. The molecular formula is C4H11N3NaO2. The second-order valence-electron chi connectivity index (χ2n) is 1.44. The van der Waals surface area contributed by atoms with Crippen molar-refractivity contribution in [1.82, 2.24) is 11.0 Å². The standard InChI is InChI=1S/C4H11N3O2.Na/c1-2-3-9-7-6-4(5)8;/h7H,2-3H2,1H3,(H3,5,6,8);. The first kappa shape index (κ1) is 12.8. The van der Waals surface area contributed by atoms with Crippen LogP contribution < -0.4 is 16.7 Å². The van der Waals surface area contributed by atoms with Crippen LogP contribution in [-0.4, -0.2) is 42.2 Å². The first-order valence-electron chi connectivity index (χ1n) is 2.69. The zero-order chi connectivity index (χ0) is 7.11. The van der Waals surface area contributed by atoms with E-state index < -0.39 is 6.03 Å². The van der Waals surface area contributed by atoms with E-state index in [1.165, 1.54) is 0 Å². The third kappa shape index (κ3) is 11.0. The SMILES string of the molecule is CCCONNC(N)=O.[Na]. The zero-order valence-corrected chi connectivity index (χ0v) is 8.31. The van der Waals surface area contributed by atoms with Gasteiger partial charge in [-0.15, -0.1) is 5.59 Å². The van der Waals surface area contributed by atoms with Gasteiger partial charge in [-0.05, 0) is 6.42 Å². The quantitative estimate of drug-likeness (QED) is 0.281. The fourth-order valence-electron chi connectivity index (χ4n) is 0.239. The van der Waals surface area contributed by atoms with E-state index in [0.29, 0.717) is 6.61 Å². The van der Waals surface area contributed by atoms with Gasteiger partial charge in [-0.1, -0.05) is 6.92 Å². The van der Waals surface area contributed by atoms with Gasteiger partial charge in [0.15, 0.2) is 0 Å². The molecule has 6 heteroatoms. The van der Waals surface area contributed by atoms with Crippen LogP contribution in [0.1, 0.15) is 13.3 Å². The van der Waals surface area contributed by atoms with E-state index in [1.807, 2.05) is 12.3 Å². The third-order valence-electron chi connectivity index (χ3n) is 0.553. The van der Waals surface area contributed by atoms with Crippen molar-refractivity contribution < 1.29 is 9.63 Å². The number of rotatable bonds is 4. The first-order valence-corrected chi connectivity index (χ1v) is 2.69. The molecule has 0 rings (SSSR count). The number of nitrogens with two attached hydrogens (primary N) is 1. The number of amides is 2. The maximum Gasteiger partial charge on any atom is 0.328 e. The van der Waals surface area contributed by atoms with Crippen LogP contribution in [-0.2, 0) is 4.84 Å². The number of hydrazine groups is 1. The average molecular weight is 156 g/mol. The summed E-state index contributed by atoms with van der Waals surface area (Å²) in [5.74, 6) is 0. The molecular weight excluding hydrogens is 145 g/mol. The molecule has 0 fully saturated rings. The maximum atomic E-state index is 9.93. The van der Waals surface area contributed by atoms with Gasteiger partial charge in [0.2, 0.25) is 0 Å². The van der Waals surface area contributed by atoms with Gasteiger partial charge in [-0.25, -0.2) is 4.79 Å². The van der Waals surface area contributed by atoms with E-state index in [9.17, 15) is 4.79 Å². The van der Waals surface area contributed by atoms with Gasteiger partial charge in [0.25, 0.3) is 0 Å². The molecule has 0 aromatic carbocycles. The van der Waals surface area contributed by atoms with Crippen LogP contribution >= 0.6 is 0 Å². The number of primary amides is 1. The molecule has 55 valence electrons. The summed E-state index contributed by atoms with van der Waals surface area (Å²) in [6.07, 6.45) is 0.882. The van der Waals surface area contributed by atoms with Crippen molar-refractivity contribution in [2.45, 2.75) is 13.3 Å². The fourth-order valence-corrected chi connectivity index (χ4v) is 0.239. The molecule has 0 bridgehead atoms. The average Bonchev–Trinajstić information content (AvgIpc) is 1.80. The molecule has 1 radical (unpaired) electrons. The minimum atomic E-state index is -0.661. The Morgan fingerprint density at radius 2 is 2.30 bits per heavy atom. The Morgan fingerprint density at radius 3 is 2.70 bits per heavy atom. The van der Waals surface area contributed by atoms with Gasteiger partial charge in [-0.3, -0.25) is 10.3 Å².